The van der Waals surface area contributed by atoms with E-state index in [1.54, 1.807) is 18.2 Å². The van der Waals surface area contributed by atoms with Gasteiger partial charge in [-0.15, -0.1) is 0 Å². The van der Waals surface area contributed by atoms with E-state index in [-0.39, 0.29) is 5.41 Å². The van der Waals surface area contributed by atoms with Crippen LogP contribution in [-0.4, -0.2) is 5.11 Å². The summed E-state index contributed by atoms with van der Waals surface area (Å²) in [7, 11) is 0. The first-order valence-corrected chi connectivity index (χ1v) is 4.28. The molecule has 2 heteroatoms. The quantitative estimate of drug-likeness (QED) is 0.656. The van der Waals surface area contributed by atoms with Gasteiger partial charge in [0.1, 0.15) is 5.75 Å². The van der Waals surface area contributed by atoms with E-state index in [4.69, 9.17) is 11.6 Å². The second-order valence-corrected chi connectivity index (χ2v) is 4.35. The van der Waals surface area contributed by atoms with E-state index < -0.39 is 0 Å². The molecule has 0 amide bonds. The van der Waals surface area contributed by atoms with E-state index in [9.17, 15) is 5.11 Å². The minimum Gasteiger partial charge on any atom is -0.508 e. The molecule has 0 heterocycles. The average molecular weight is 185 g/mol. The predicted octanol–water partition coefficient (Wildman–Crippen LogP) is 3.34. The number of rotatable bonds is 0. The van der Waals surface area contributed by atoms with Gasteiger partial charge in [-0.2, -0.15) is 0 Å². The summed E-state index contributed by atoms with van der Waals surface area (Å²) in [5.74, 6) is 0.312. The number of benzene rings is 1. The van der Waals surface area contributed by atoms with Gasteiger partial charge >= 0.3 is 0 Å². The first kappa shape index (κ1) is 9.40. The Morgan fingerprint density at radius 2 is 1.83 bits per heavy atom. The molecule has 1 rings (SSSR count). The van der Waals surface area contributed by atoms with Gasteiger partial charge in [-0.25, -0.2) is 0 Å². The van der Waals surface area contributed by atoms with Crippen LogP contribution in [0.25, 0.3) is 0 Å². The third kappa shape index (κ3) is 1.92. The van der Waals surface area contributed by atoms with Gasteiger partial charge in [-0.1, -0.05) is 32.4 Å². The fourth-order valence-corrected chi connectivity index (χ4v) is 1.28. The van der Waals surface area contributed by atoms with Crippen molar-refractivity contribution in [2.24, 2.45) is 0 Å². The molecule has 0 spiro atoms. The van der Waals surface area contributed by atoms with Crippen LogP contribution in [0.1, 0.15) is 26.3 Å². The number of halogens is 1. The van der Waals surface area contributed by atoms with Crippen molar-refractivity contribution in [2.75, 3.05) is 0 Å². The van der Waals surface area contributed by atoms with Gasteiger partial charge in [-0.05, 0) is 23.6 Å². The number of hydrogen-bond donors (Lipinski definition) is 1. The summed E-state index contributed by atoms with van der Waals surface area (Å²) in [6.45, 7) is 6.12. The molecule has 0 fully saturated rings. The normalized spacial score (nSPS) is 11.7. The molecule has 0 radical (unpaired) electrons. The number of phenolic OH excluding ortho intramolecular Hbond substituents is 1. The van der Waals surface area contributed by atoms with Crippen molar-refractivity contribution in [2.45, 2.75) is 26.2 Å². The Bertz CT molecular complexity index is 286. The average Bonchev–Trinajstić information content (AvgIpc) is 1.92. The van der Waals surface area contributed by atoms with Crippen molar-refractivity contribution in [3.63, 3.8) is 0 Å². The van der Waals surface area contributed by atoms with Crippen LogP contribution in [0.4, 0.5) is 0 Å². The van der Waals surface area contributed by atoms with Crippen molar-refractivity contribution in [3.8, 4) is 5.75 Å². The topological polar surface area (TPSA) is 20.2 Å². The van der Waals surface area contributed by atoms with Crippen molar-refractivity contribution >= 4 is 11.6 Å². The van der Waals surface area contributed by atoms with Crippen LogP contribution in [0.15, 0.2) is 18.2 Å². The van der Waals surface area contributed by atoms with E-state index in [1.807, 2.05) is 20.8 Å². The smallest absolute Gasteiger partial charge is 0.119 e. The molecule has 1 N–H and O–H groups in total. The predicted molar refractivity (Wildman–Crippen MR) is 51.8 cm³/mol. The highest BCUT2D eigenvalue weighted by molar-refractivity contribution is 6.30. The Morgan fingerprint density at radius 3 is 2.25 bits per heavy atom. The highest BCUT2D eigenvalue weighted by atomic mass is 35.5. The Hall–Kier alpha value is -0.690. The molecule has 66 valence electrons. The van der Waals surface area contributed by atoms with Gasteiger partial charge in [0.15, 0.2) is 0 Å². The molecule has 0 saturated heterocycles. The molecule has 1 nitrogen and oxygen atoms in total. The first-order chi connectivity index (χ1) is 5.41. The van der Waals surface area contributed by atoms with Crippen LogP contribution in [0.2, 0.25) is 5.02 Å². The van der Waals surface area contributed by atoms with E-state index in [2.05, 4.69) is 0 Å². The molecule has 1 aromatic carbocycles. The molecule has 12 heavy (non-hydrogen) atoms. The number of aromatic hydroxyl groups is 1. The fraction of sp³-hybridized carbons (Fsp3) is 0.400. The molecule has 0 aliphatic heterocycles. The van der Waals surface area contributed by atoms with E-state index in [1.165, 1.54) is 0 Å². The fourth-order valence-electron chi connectivity index (χ4n) is 1.11. The summed E-state index contributed by atoms with van der Waals surface area (Å²) in [6.07, 6.45) is 0. The molecule has 0 bridgehead atoms. The highest BCUT2D eigenvalue weighted by Crippen LogP contribution is 2.32. The van der Waals surface area contributed by atoms with Gasteiger partial charge < -0.3 is 5.11 Å². The zero-order chi connectivity index (χ0) is 9.35. The van der Waals surface area contributed by atoms with Crippen LogP contribution >= 0.6 is 11.6 Å². The lowest BCUT2D eigenvalue weighted by Crippen LogP contribution is -2.10. The summed E-state index contributed by atoms with van der Waals surface area (Å²) in [4.78, 5) is 0. The van der Waals surface area contributed by atoms with Crippen molar-refractivity contribution in [3.05, 3.63) is 28.8 Å². The monoisotopic (exact) mass is 184 g/mol. The molecule has 0 aliphatic carbocycles. The van der Waals surface area contributed by atoms with Gasteiger partial charge in [0.25, 0.3) is 0 Å². The van der Waals surface area contributed by atoms with E-state index >= 15 is 0 Å². The third-order valence-electron chi connectivity index (χ3n) is 1.77. The Morgan fingerprint density at radius 1 is 1.25 bits per heavy atom. The summed E-state index contributed by atoms with van der Waals surface area (Å²) in [5, 5.41) is 10.2. The Labute approximate surface area is 78.0 Å². The Balaban J connectivity index is 3.23. The zero-order valence-corrected chi connectivity index (χ0v) is 8.31. The molecular weight excluding hydrogens is 172 g/mol. The van der Waals surface area contributed by atoms with Crippen LogP contribution in [-0.2, 0) is 5.41 Å². The van der Waals surface area contributed by atoms with Gasteiger partial charge in [0.2, 0.25) is 0 Å². The molecule has 0 unspecified atom stereocenters. The van der Waals surface area contributed by atoms with Crippen molar-refractivity contribution in [1.82, 2.24) is 0 Å². The SMILES string of the molecule is CC(C)(C)c1cc(Cl)ccc1O. The van der Waals surface area contributed by atoms with E-state index in [0.29, 0.717) is 10.8 Å². The van der Waals surface area contributed by atoms with Gasteiger partial charge in [0.05, 0.1) is 0 Å². The lowest BCUT2D eigenvalue weighted by Gasteiger charge is -2.20. The van der Waals surface area contributed by atoms with Crippen LogP contribution < -0.4 is 0 Å². The zero-order valence-electron chi connectivity index (χ0n) is 7.56. The second kappa shape index (κ2) is 2.98. The lowest BCUT2D eigenvalue weighted by atomic mass is 9.86. The van der Waals surface area contributed by atoms with Crippen LogP contribution in [0.3, 0.4) is 0 Å². The maximum atomic E-state index is 9.51. The molecule has 0 aliphatic rings. The largest absolute Gasteiger partial charge is 0.508 e. The van der Waals surface area contributed by atoms with E-state index in [0.717, 1.165) is 5.56 Å². The Kier molecular flexibility index (Phi) is 2.34. The number of hydrogen-bond acceptors (Lipinski definition) is 1. The lowest BCUT2D eigenvalue weighted by molar-refractivity contribution is 0.447. The minimum atomic E-state index is -0.0605. The molecule has 0 saturated carbocycles. The summed E-state index contributed by atoms with van der Waals surface area (Å²) in [6, 6.07) is 5.12. The van der Waals surface area contributed by atoms with Crippen molar-refractivity contribution < 1.29 is 5.11 Å². The van der Waals surface area contributed by atoms with Crippen LogP contribution in [0, 0.1) is 0 Å². The molecular formula is C10H13ClO. The van der Waals surface area contributed by atoms with Crippen molar-refractivity contribution in [1.29, 1.82) is 0 Å². The van der Waals surface area contributed by atoms with Crippen LogP contribution in [0.5, 0.6) is 5.75 Å². The second-order valence-electron chi connectivity index (χ2n) is 3.91. The highest BCUT2D eigenvalue weighted by Gasteiger charge is 2.17. The summed E-state index contributed by atoms with van der Waals surface area (Å²) in [5.41, 5.74) is 0.824. The minimum absolute atomic E-state index is 0.0605. The third-order valence-corrected chi connectivity index (χ3v) is 2.00. The maximum Gasteiger partial charge on any atom is 0.119 e. The standard InChI is InChI=1S/C10H13ClO/c1-10(2,3)8-6-7(11)4-5-9(8)12/h4-6,12H,1-3H3. The summed E-state index contributed by atoms with van der Waals surface area (Å²) < 4.78 is 0. The van der Waals surface area contributed by atoms with Gasteiger partial charge in [0, 0.05) is 10.6 Å². The molecule has 0 aromatic heterocycles. The molecule has 0 atom stereocenters. The number of phenols is 1. The first-order valence-electron chi connectivity index (χ1n) is 3.90. The maximum absolute atomic E-state index is 9.51. The molecule has 1 aromatic rings. The summed E-state index contributed by atoms with van der Waals surface area (Å²) >= 11 is 5.81. The van der Waals surface area contributed by atoms with Gasteiger partial charge in [-0.3, -0.25) is 0 Å².